The van der Waals surface area contributed by atoms with Gasteiger partial charge in [-0.1, -0.05) is 68.7 Å². The Morgan fingerprint density at radius 3 is 2.05 bits per heavy atom. The second-order valence-electron chi connectivity index (χ2n) is 15.2. The van der Waals surface area contributed by atoms with Crippen molar-refractivity contribution in [3.05, 3.63) is 71.3 Å². The van der Waals surface area contributed by atoms with Crippen LogP contribution < -0.4 is 32.7 Å². The summed E-state index contributed by atoms with van der Waals surface area (Å²) in [5.74, 6) is -6.72. The van der Waals surface area contributed by atoms with Crippen molar-refractivity contribution in [2.45, 2.75) is 109 Å². The Labute approximate surface area is 326 Å². The van der Waals surface area contributed by atoms with Gasteiger partial charge in [0.1, 0.15) is 18.1 Å². The lowest BCUT2D eigenvalue weighted by atomic mass is 9.83. The molecule has 8 N–H and O–H groups in total. The molecule has 1 saturated heterocycles. The number of nitrogens with one attached hydrogen (secondary N) is 4. The smallest absolute Gasteiger partial charge is 0.290 e. The minimum atomic E-state index is -1.31. The van der Waals surface area contributed by atoms with Gasteiger partial charge in [-0.3, -0.25) is 38.4 Å². The fraction of sp³-hybridized carbons (Fsp3) is 0.500. The maximum Gasteiger partial charge on any atom is 0.290 e. The van der Waals surface area contributed by atoms with E-state index < -0.39 is 89.6 Å². The average Bonchev–Trinajstić information content (AvgIpc) is 3.59. The van der Waals surface area contributed by atoms with Gasteiger partial charge in [0.2, 0.25) is 35.3 Å². The van der Waals surface area contributed by atoms with Gasteiger partial charge in [-0.05, 0) is 63.6 Å². The first-order valence-electron chi connectivity index (χ1n) is 18.9. The molecule has 1 aliphatic carbocycles. The van der Waals surface area contributed by atoms with Crippen LogP contribution in [0.25, 0.3) is 0 Å². The van der Waals surface area contributed by atoms with E-state index in [0.717, 1.165) is 19.3 Å². The monoisotopic (exact) mass is 775 g/mol. The van der Waals surface area contributed by atoms with E-state index in [4.69, 9.17) is 16.2 Å². The Kier molecular flexibility index (Phi) is 14.8. The van der Waals surface area contributed by atoms with E-state index in [9.17, 15) is 38.4 Å². The molecule has 2 aliphatic rings. The molecule has 5 unspecified atom stereocenters. The molecule has 1 saturated carbocycles. The molecule has 0 bridgehead atoms. The van der Waals surface area contributed by atoms with E-state index in [1.165, 1.54) is 17.0 Å². The van der Waals surface area contributed by atoms with Crippen molar-refractivity contribution in [1.29, 1.82) is 0 Å². The summed E-state index contributed by atoms with van der Waals surface area (Å²) in [5, 5.41) is 10.1. The second-order valence-corrected chi connectivity index (χ2v) is 15.2. The van der Waals surface area contributed by atoms with Crippen LogP contribution in [0.3, 0.4) is 0 Å². The summed E-state index contributed by atoms with van der Waals surface area (Å²) in [6, 6.07) is 9.62. The average molecular weight is 776 g/mol. The molecule has 4 rings (SSSR count). The number of hydrogen-bond acceptors (Lipinski definition) is 9. The Hall–Kier alpha value is -5.64. The molecule has 56 heavy (non-hydrogen) atoms. The fourth-order valence-corrected chi connectivity index (χ4v) is 7.22. The maximum absolute atomic E-state index is 14.6. The molecule has 2 fully saturated rings. The lowest BCUT2D eigenvalue weighted by molar-refractivity contribution is -0.143. The predicted molar refractivity (Wildman–Crippen MR) is 204 cm³/mol. The minimum Gasteiger partial charge on any atom is -0.371 e. The van der Waals surface area contributed by atoms with Gasteiger partial charge in [0.25, 0.3) is 11.8 Å². The largest absolute Gasteiger partial charge is 0.371 e. The third-order valence-electron chi connectivity index (χ3n) is 9.88. The zero-order chi connectivity index (χ0) is 41.2. The zero-order valence-corrected chi connectivity index (χ0v) is 32.3. The number of ketones is 1. The van der Waals surface area contributed by atoms with Crippen LogP contribution in [-0.4, -0.2) is 95.0 Å². The highest BCUT2D eigenvalue weighted by Crippen LogP contribution is 2.31. The summed E-state index contributed by atoms with van der Waals surface area (Å²) >= 11 is 0. The molecule has 0 radical (unpaired) electrons. The highest BCUT2D eigenvalue weighted by molar-refractivity contribution is 6.38. The van der Waals surface area contributed by atoms with Gasteiger partial charge in [0.05, 0.1) is 35.4 Å². The van der Waals surface area contributed by atoms with Gasteiger partial charge in [-0.25, -0.2) is 0 Å². The normalized spacial score (nSPS) is 18.8. The van der Waals surface area contributed by atoms with E-state index in [2.05, 4.69) is 21.3 Å². The van der Waals surface area contributed by atoms with Crippen molar-refractivity contribution < 1.29 is 43.1 Å². The number of nitrogens with two attached hydrogens (primary N) is 2. The molecule has 7 amide bonds. The van der Waals surface area contributed by atoms with Gasteiger partial charge in [-0.15, -0.1) is 0 Å². The van der Waals surface area contributed by atoms with Crippen LogP contribution in [-0.2, 0) is 33.5 Å². The first kappa shape index (κ1) is 43.1. The molecule has 2 aromatic carbocycles. The molecular formula is C40H53N7O9. The number of carbonyl (C=O) groups is 8. The molecule has 0 spiro atoms. The lowest BCUT2D eigenvalue weighted by Gasteiger charge is -2.35. The summed E-state index contributed by atoms with van der Waals surface area (Å²) in [5.41, 5.74) is 10.8. The third-order valence-corrected chi connectivity index (χ3v) is 9.88. The quantitative estimate of drug-likeness (QED) is 0.134. The number of amides is 7. The van der Waals surface area contributed by atoms with Crippen molar-refractivity contribution in [2.24, 2.45) is 17.4 Å². The Morgan fingerprint density at radius 2 is 1.46 bits per heavy atom. The van der Waals surface area contributed by atoms with Gasteiger partial charge < -0.3 is 42.4 Å². The summed E-state index contributed by atoms with van der Waals surface area (Å²) in [6.07, 6.45) is 3.44. The first-order chi connectivity index (χ1) is 26.5. The second kappa shape index (κ2) is 19.3. The lowest BCUT2D eigenvalue weighted by Crippen LogP contribution is -2.58. The number of benzene rings is 2. The van der Waals surface area contributed by atoms with Crippen molar-refractivity contribution in [2.75, 3.05) is 13.1 Å². The van der Waals surface area contributed by atoms with E-state index >= 15 is 0 Å². The van der Waals surface area contributed by atoms with Crippen LogP contribution in [0, 0.1) is 5.92 Å². The summed E-state index contributed by atoms with van der Waals surface area (Å²) in [4.78, 5) is 107. The SMILES string of the molecule is CCC(NC(=O)C1CC(OC(C)(C)C)CN1C(=O)C(NC(=O)c1ccccc1C(N)=O)C1CCCCC1)C(=O)C(=O)NCC(=O)NC(C(N)=O)c1ccccc1. The number of nitrogens with zero attached hydrogens (tertiary/aromatic N) is 1. The fourth-order valence-electron chi connectivity index (χ4n) is 7.22. The van der Waals surface area contributed by atoms with Crippen molar-refractivity contribution in [3.63, 3.8) is 0 Å². The number of carbonyl (C=O) groups excluding carboxylic acids is 8. The van der Waals surface area contributed by atoms with Gasteiger partial charge in [0, 0.05) is 13.0 Å². The van der Waals surface area contributed by atoms with Gasteiger partial charge in [-0.2, -0.15) is 0 Å². The molecule has 16 nitrogen and oxygen atoms in total. The first-order valence-corrected chi connectivity index (χ1v) is 18.9. The van der Waals surface area contributed by atoms with E-state index in [1.54, 1.807) is 49.4 Å². The van der Waals surface area contributed by atoms with Crippen LogP contribution >= 0.6 is 0 Å². The number of rotatable bonds is 16. The molecule has 0 aromatic heterocycles. The number of hydrogen-bond donors (Lipinski definition) is 6. The van der Waals surface area contributed by atoms with Crippen molar-refractivity contribution in [3.8, 4) is 0 Å². The Morgan fingerprint density at radius 1 is 0.839 bits per heavy atom. The van der Waals surface area contributed by atoms with Crippen LogP contribution in [0.4, 0.5) is 0 Å². The maximum atomic E-state index is 14.6. The summed E-state index contributed by atoms with van der Waals surface area (Å²) in [7, 11) is 0. The standard InChI is InChI=1S/C40H53N7O9/c1-5-28(33(49)38(54)43-21-30(48)45-31(35(42)51)23-14-8-6-9-15-23)44-37(53)29-20-25(56-40(2,3)4)22-47(29)39(55)32(24-16-10-7-11-17-24)46-36(52)27-19-13-12-18-26(27)34(41)50/h6,8-9,12-15,18-19,24-25,28-29,31-32H,5,7,10-11,16-17,20-22H2,1-4H3,(H2,41,50)(H2,42,51)(H,43,54)(H,44,53)(H,45,48)(H,46,52). The van der Waals surface area contributed by atoms with E-state index in [-0.39, 0.29) is 36.4 Å². The number of Topliss-reactive ketones (excluding diaryl/α,β-unsaturated/α-hetero) is 1. The summed E-state index contributed by atoms with van der Waals surface area (Å²) < 4.78 is 6.21. The highest BCUT2D eigenvalue weighted by Gasteiger charge is 2.46. The number of likely N-dealkylation sites (tertiary alicyclic amines) is 1. The van der Waals surface area contributed by atoms with Crippen LogP contribution in [0.15, 0.2) is 54.6 Å². The molecule has 302 valence electrons. The van der Waals surface area contributed by atoms with Crippen LogP contribution in [0.5, 0.6) is 0 Å². The highest BCUT2D eigenvalue weighted by atomic mass is 16.5. The van der Waals surface area contributed by atoms with E-state index in [0.29, 0.717) is 18.4 Å². The van der Waals surface area contributed by atoms with Crippen LogP contribution in [0.1, 0.15) is 105 Å². The zero-order valence-electron chi connectivity index (χ0n) is 32.3. The molecule has 16 heteroatoms. The van der Waals surface area contributed by atoms with Crippen molar-refractivity contribution in [1.82, 2.24) is 26.2 Å². The summed E-state index contributed by atoms with van der Waals surface area (Å²) in [6.45, 7) is 6.47. The Bertz CT molecular complexity index is 1790. The van der Waals surface area contributed by atoms with Gasteiger partial charge in [0.15, 0.2) is 0 Å². The molecular weight excluding hydrogens is 722 g/mol. The molecule has 5 atom stereocenters. The predicted octanol–water partition coefficient (Wildman–Crippen LogP) is 1.17. The topological polar surface area (TPSA) is 249 Å². The van der Waals surface area contributed by atoms with Crippen molar-refractivity contribution >= 4 is 47.1 Å². The number of ether oxygens (including phenoxy) is 1. The van der Waals surface area contributed by atoms with E-state index in [1.807, 2.05) is 20.8 Å². The van der Waals surface area contributed by atoms with Crippen LogP contribution in [0.2, 0.25) is 0 Å². The Balaban J connectivity index is 1.50. The third kappa shape index (κ3) is 11.4. The molecule has 2 aromatic rings. The molecule has 1 heterocycles. The number of primary amides is 2. The minimum absolute atomic E-state index is 0.00103. The molecule has 1 aliphatic heterocycles. The van der Waals surface area contributed by atoms with Gasteiger partial charge >= 0.3 is 0 Å².